The van der Waals surface area contributed by atoms with Crippen LogP contribution in [0.5, 0.6) is 0 Å². The summed E-state index contributed by atoms with van der Waals surface area (Å²) in [7, 11) is 1.17. The highest BCUT2D eigenvalue weighted by molar-refractivity contribution is 5.92. The fraction of sp³-hybridized carbons (Fsp3) is 0.812. The molecule has 1 aliphatic carbocycles. The van der Waals surface area contributed by atoms with Crippen LogP contribution in [0.15, 0.2) is 0 Å². The Morgan fingerprint density at radius 2 is 1.71 bits per heavy atom. The lowest BCUT2D eigenvalue weighted by atomic mass is 9.92. The van der Waals surface area contributed by atoms with Crippen molar-refractivity contribution in [2.75, 3.05) is 13.7 Å². The number of esters is 3. The Morgan fingerprint density at radius 1 is 1.08 bits per heavy atom. The Morgan fingerprint density at radius 3 is 2.29 bits per heavy atom. The van der Waals surface area contributed by atoms with E-state index >= 15 is 0 Å². The van der Waals surface area contributed by atoms with E-state index in [2.05, 4.69) is 23.3 Å². The zero-order valence-corrected chi connectivity index (χ0v) is 14.5. The lowest BCUT2D eigenvalue weighted by molar-refractivity contribution is -0.164. The minimum atomic E-state index is -1.27. The van der Waals surface area contributed by atoms with E-state index in [1.54, 1.807) is 0 Å². The Balaban J connectivity index is 2.39. The maximum absolute atomic E-state index is 11.8. The van der Waals surface area contributed by atoms with Crippen molar-refractivity contribution in [3.8, 4) is 0 Å². The summed E-state index contributed by atoms with van der Waals surface area (Å²) in [5, 5.41) is 0. The molecule has 0 aromatic rings. The first-order chi connectivity index (χ1) is 11.3. The summed E-state index contributed by atoms with van der Waals surface area (Å²) in [6.07, 6.45) is 2.83. The van der Waals surface area contributed by atoms with E-state index in [9.17, 15) is 14.4 Å². The summed E-state index contributed by atoms with van der Waals surface area (Å²) < 4.78 is 14.7. The molecule has 0 amide bonds. The second-order valence-electron chi connectivity index (χ2n) is 6.44. The average molecular weight is 344 g/mol. The van der Waals surface area contributed by atoms with Gasteiger partial charge in [-0.1, -0.05) is 20.3 Å². The summed E-state index contributed by atoms with van der Waals surface area (Å²) in [6.45, 7) is 4.26. The van der Waals surface area contributed by atoms with Crippen molar-refractivity contribution in [3.05, 3.63) is 0 Å². The van der Waals surface area contributed by atoms with Crippen molar-refractivity contribution < 1.29 is 28.6 Å². The fourth-order valence-electron chi connectivity index (χ4n) is 2.82. The van der Waals surface area contributed by atoms with Crippen LogP contribution < -0.4 is 11.5 Å². The molecule has 8 nitrogen and oxygen atoms in total. The number of nitrogens with two attached hydrogens (primary N) is 2. The molecule has 8 heteroatoms. The van der Waals surface area contributed by atoms with Crippen molar-refractivity contribution in [1.82, 2.24) is 0 Å². The number of carbonyl (C=O) groups excluding carboxylic acids is 3. The molecule has 0 aliphatic heterocycles. The Bertz CT molecular complexity index is 454. The molecule has 0 spiro atoms. The zero-order valence-electron chi connectivity index (χ0n) is 14.5. The zero-order chi connectivity index (χ0) is 18.3. The van der Waals surface area contributed by atoms with Crippen LogP contribution in [0, 0.1) is 11.8 Å². The molecule has 1 rings (SSSR count). The molecule has 0 heterocycles. The van der Waals surface area contributed by atoms with Gasteiger partial charge >= 0.3 is 17.9 Å². The third-order valence-corrected chi connectivity index (χ3v) is 4.27. The molecule has 0 aromatic carbocycles. The van der Waals surface area contributed by atoms with Crippen molar-refractivity contribution in [2.24, 2.45) is 23.3 Å². The van der Waals surface area contributed by atoms with Gasteiger partial charge in [-0.15, -0.1) is 0 Å². The molecular formula is C16H28N2O6. The van der Waals surface area contributed by atoms with Gasteiger partial charge in [0.05, 0.1) is 26.2 Å². The first-order valence-electron chi connectivity index (χ1n) is 8.21. The molecule has 24 heavy (non-hydrogen) atoms. The van der Waals surface area contributed by atoms with E-state index < -0.39 is 30.0 Å². The van der Waals surface area contributed by atoms with Crippen LogP contribution in [-0.2, 0) is 28.6 Å². The van der Waals surface area contributed by atoms with Crippen LogP contribution in [0.2, 0.25) is 0 Å². The second-order valence-corrected chi connectivity index (χ2v) is 6.44. The van der Waals surface area contributed by atoms with Crippen LogP contribution in [0.3, 0.4) is 0 Å². The summed E-state index contributed by atoms with van der Waals surface area (Å²) in [4.78, 5) is 34.5. The highest BCUT2D eigenvalue weighted by Gasteiger charge is 2.32. The Labute approximate surface area is 142 Å². The Kier molecular flexibility index (Phi) is 8.30. The maximum Gasteiger partial charge on any atom is 0.333 e. The average Bonchev–Trinajstić information content (AvgIpc) is 3.00. The highest BCUT2D eigenvalue weighted by atomic mass is 16.6. The monoisotopic (exact) mass is 344 g/mol. The highest BCUT2D eigenvalue weighted by Crippen LogP contribution is 2.33. The predicted octanol–water partition coefficient (Wildman–Crippen LogP) is 0.115. The van der Waals surface area contributed by atoms with Crippen molar-refractivity contribution in [3.63, 3.8) is 0 Å². The van der Waals surface area contributed by atoms with Gasteiger partial charge in [0.25, 0.3) is 0 Å². The van der Waals surface area contributed by atoms with Crippen molar-refractivity contribution in [2.45, 2.75) is 57.7 Å². The third kappa shape index (κ3) is 6.18. The van der Waals surface area contributed by atoms with Crippen LogP contribution in [0.1, 0.15) is 39.5 Å². The molecule has 0 bridgehead atoms. The largest absolute Gasteiger partial charge is 0.469 e. The number of hydrogen-bond donors (Lipinski definition) is 2. The molecule has 138 valence electrons. The molecule has 1 fully saturated rings. The third-order valence-electron chi connectivity index (χ3n) is 4.27. The quantitative estimate of drug-likeness (QED) is 0.469. The molecule has 4 atom stereocenters. The van der Waals surface area contributed by atoms with E-state index in [0.29, 0.717) is 11.8 Å². The van der Waals surface area contributed by atoms with E-state index in [0.717, 1.165) is 19.3 Å². The molecule has 0 aromatic heterocycles. The van der Waals surface area contributed by atoms with Gasteiger partial charge in [-0.25, -0.2) is 9.59 Å². The van der Waals surface area contributed by atoms with Crippen LogP contribution in [0.4, 0.5) is 0 Å². The van der Waals surface area contributed by atoms with Crippen LogP contribution >= 0.6 is 0 Å². The van der Waals surface area contributed by atoms with Gasteiger partial charge in [0.1, 0.15) is 12.1 Å². The van der Waals surface area contributed by atoms with Gasteiger partial charge < -0.3 is 25.7 Å². The first kappa shape index (κ1) is 20.5. The topological polar surface area (TPSA) is 131 Å². The SMILES string of the molecule is COC(=O)C[C@H](N)C(=O)OC(=O)[C@@H](N)COC1CCCC1C(C)C. The minimum absolute atomic E-state index is 0.0216. The maximum atomic E-state index is 11.8. The molecule has 4 N–H and O–H groups in total. The minimum Gasteiger partial charge on any atom is -0.469 e. The first-order valence-corrected chi connectivity index (χ1v) is 8.21. The number of ether oxygens (including phenoxy) is 3. The fourth-order valence-corrected chi connectivity index (χ4v) is 2.82. The van der Waals surface area contributed by atoms with E-state index in [-0.39, 0.29) is 19.1 Å². The normalized spacial score (nSPS) is 22.9. The summed E-state index contributed by atoms with van der Waals surface area (Å²) >= 11 is 0. The van der Waals surface area contributed by atoms with E-state index in [4.69, 9.17) is 16.2 Å². The predicted molar refractivity (Wildman–Crippen MR) is 85.6 cm³/mol. The second kappa shape index (κ2) is 9.71. The molecule has 1 aliphatic rings. The molecule has 0 radical (unpaired) electrons. The lowest BCUT2D eigenvalue weighted by Gasteiger charge is -2.24. The van der Waals surface area contributed by atoms with Gasteiger partial charge in [-0.2, -0.15) is 0 Å². The number of rotatable bonds is 8. The van der Waals surface area contributed by atoms with Crippen LogP contribution in [0.25, 0.3) is 0 Å². The standard InChI is InChI=1S/C16H28N2O6/c1-9(2)10-5-4-6-13(10)23-8-12(18)16(21)24-15(20)11(17)7-14(19)22-3/h9-13H,4-8,17-18H2,1-3H3/t10?,11-,12-,13?/m0/s1. The van der Waals surface area contributed by atoms with E-state index in [1.165, 1.54) is 7.11 Å². The smallest absolute Gasteiger partial charge is 0.333 e. The summed E-state index contributed by atoms with van der Waals surface area (Å²) in [6, 6.07) is -2.35. The molecule has 1 saturated carbocycles. The number of carbonyl (C=O) groups is 3. The van der Waals surface area contributed by atoms with Crippen molar-refractivity contribution >= 4 is 17.9 Å². The van der Waals surface area contributed by atoms with E-state index in [1.807, 2.05) is 0 Å². The summed E-state index contributed by atoms with van der Waals surface area (Å²) in [5.41, 5.74) is 11.2. The number of methoxy groups -OCH3 is 1. The van der Waals surface area contributed by atoms with Gasteiger partial charge in [-0.3, -0.25) is 4.79 Å². The van der Waals surface area contributed by atoms with Gasteiger partial charge in [0.2, 0.25) is 0 Å². The lowest BCUT2D eigenvalue weighted by Crippen LogP contribution is -2.43. The summed E-state index contributed by atoms with van der Waals surface area (Å²) in [5.74, 6) is -1.65. The Hall–Kier alpha value is -1.51. The van der Waals surface area contributed by atoms with Crippen molar-refractivity contribution in [1.29, 1.82) is 0 Å². The van der Waals surface area contributed by atoms with Gasteiger partial charge in [0.15, 0.2) is 0 Å². The van der Waals surface area contributed by atoms with Gasteiger partial charge in [-0.05, 0) is 24.7 Å². The van der Waals surface area contributed by atoms with Crippen LogP contribution in [-0.4, -0.2) is 49.8 Å². The molecular weight excluding hydrogens is 316 g/mol. The van der Waals surface area contributed by atoms with Gasteiger partial charge in [0, 0.05) is 0 Å². The molecule has 0 saturated heterocycles. The number of hydrogen-bond acceptors (Lipinski definition) is 8. The molecule has 2 unspecified atom stereocenters.